The van der Waals surface area contributed by atoms with Crippen molar-refractivity contribution in [1.82, 2.24) is 0 Å². The van der Waals surface area contributed by atoms with Crippen molar-refractivity contribution in [3.05, 3.63) is 76.1 Å². The van der Waals surface area contributed by atoms with E-state index in [4.69, 9.17) is 17.3 Å². The van der Waals surface area contributed by atoms with E-state index < -0.39 is 5.97 Å². The number of aliphatic carboxylic acids is 1. The van der Waals surface area contributed by atoms with E-state index in [0.29, 0.717) is 11.1 Å². The number of hydrogen-bond donors (Lipinski definition) is 1. The summed E-state index contributed by atoms with van der Waals surface area (Å²) in [5.74, 6) is -1.29. The van der Waals surface area contributed by atoms with Crippen LogP contribution < -0.4 is 0 Å². The number of allylic oxidation sites excluding steroid dienone is 2. The van der Waals surface area contributed by atoms with Crippen molar-refractivity contribution in [2.75, 3.05) is 0 Å². The van der Waals surface area contributed by atoms with Gasteiger partial charge in [-0.2, -0.15) is 0 Å². The Morgan fingerprint density at radius 3 is 2.42 bits per heavy atom. The summed E-state index contributed by atoms with van der Waals surface area (Å²) in [5.41, 5.74) is 5.93. The average Bonchev–Trinajstić information content (AvgIpc) is 2.80. The second kappa shape index (κ2) is 6.49. The zero-order chi connectivity index (χ0) is 17.3. The molecule has 0 aromatic heterocycles. The van der Waals surface area contributed by atoms with E-state index in [1.165, 1.54) is 12.1 Å². The van der Waals surface area contributed by atoms with Crippen molar-refractivity contribution in [3.63, 3.8) is 0 Å². The normalized spacial score (nSPS) is 14.8. The van der Waals surface area contributed by atoms with Gasteiger partial charge in [-0.25, -0.2) is 4.39 Å². The first-order valence-electron chi connectivity index (χ1n) is 7.48. The fraction of sp³-hybridized carbons (Fsp3) is 0.100. The summed E-state index contributed by atoms with van der Waals surface area (Å²) in [6.07, 6.45) is 1.87. The summed E-state index contributed by atoms with van der Waals surface area (Å²) in [6, 6.07) is 12.3. The largest absolute Gasteiger partial charge is 0.481 e. The number of carboxylic acid groups (broad SMARTS) is 1. The highest BCUT2D eigenvalue weighted by atomic mass is 32.1. The lowest BCUT2D eigenvalue weighted by Gasteiger charge is -2.05. The molecule has 3 rings (SSSR count). The lowest BCUT2D eigenvalue weighted by atomic mass is 10.00. The molecule has 0 unspecified atom stereocenters. The van der Waals surface area contributed by atoms with Gasteiger partial charge in [-0.15, -0.1) is 0 Å². The number of fused-ring (bicyclic) bond motifs is 1. The maximum Gasteiger partial charge on any atom is 0.307 e. The molecule has 0 saturated carbocycles. The van der Waals surface area contributed by atoms with Crippen LogP contribution in [0.3, 0.4) is 0 Å². The molecule has 1 N–H and O–H groups in total. The molecule has 24 heavy (non-hydrogen) atoms. The molecule has 2 aromatic rings. The first kappa shape index (κ1) is 16.3. The summed E-state index contributed by atoms with van der Waals surface area (Å²) in [5, 5.41) is 10.8. The van der Waals surface area contributed by atoms with Crippen LogP contribution in [0, 0.1) is 5.82 Å². The number of rotatable bonds is 4. The van der Waals surface area contributed by atoms with Crippen LogP contribution in [-0.4, -0.2) is 16.4 Å². The van der Waals surface area contributed by atoms with Gasteiger partial charge >= 0.3 is 5.97 Å². The summed E-state index contributed by atoms with van der Waals surface area (Å²) in [4.78, 5) is 11.2. The highest BCUT2D eigenvalue weighted by molar-refractivity contribution is 7.79. The molecule has 0 atom stereocenters. The number of benzene rings is 2. The minimum absolute atomic E-state index is 0.122. The van der Waals surface area contributed by atoms with Crippen LogP contribution in [0.5, 0.6) is 0 Å². The van der Waals surface area contributed by atoms with Crippen LogP contribution in [0.4, 0.5) is 4.39 Å². The highest BCUT2D eigenvalue weighted by Crippen LogP contribution is 2.43. The molecule has 4 heteroatoms. The van der Waals surface area contributed by atoms with Gasteiger partial charge in [0.1, 0.15) is 5.82 Å². The van der Waals surface area contributed by atoms with Crippen molar-refractivity contribution < 1.29 is 14.3 Å². The SMILES string of the molecule is CC1=C(CC(=O)O)c2cc(F)ccc2/C1=C\c1ccc(C=S)cc1. The zero-order valence-electron chi connectivity index (χ0n) is 13.0. The fourth-order valence-electron chi connectivity index (χ4n) is 2.97. The molecule has 2 aromatic carbocycles. The van der Waals surface area contributed by atoms with Gasteiger partial charge in [0.15, 0.2) is 0 Å². The Hall–Kier alpha value is -2.59. The van der Waals surface area contributed by atoms with Crippen molar-refractivity contribution in [1.29, 1.82) is 0 Å². The van der Waals surface area contributed by atoms with Gasteiger partial charge in [-0.1, -0.05) is 42.5 Å². The second-order valence-electron chi connectivity index (χ2n) is 5.71. The van der Waals surface area contributed by atoms with Gasteiger partial charge in [0.2, 0.25) is 0 Å². The van der Waals surface area contributed by atoms with Gasteiger partial charge < -0.3 is 5.11 Å². The summed E-state index contributed by atoms with van der Waals surface area (Å²) >= 11 is 4.90. The Balaban J connectivity index is 2.13. The molecule has 0 saturated heterocycles. The number of thiocarbonyl (C=S) groups is 1. The highest BCUT2D eigenvalue weighted by Gasteiger charge is 2.25. The monoisotopic (exact) mass is 338 g/mol. The molecule has 120 valence electrons. The Morgan fingerprint density at radius 2 is 1.79 bits per heavy atom. The van der Waals surface area contributed by atoms with E-state index in [2.05, 4.69) is 0 Å². The van der Waals surface area contributed by atoms with E-state index in [0.717, 1.165) is 27.8 Å². The van der Waals surface area contributed by atoms with Crippen LogP contribution in [0.1, 0.15) is 35.6 Å². The number of halogens is 1. The van der Waals surface area contributed by atoms with Crippen LogP contribution in [0.25, 0.3) is 17.2 Å². The predicted octanol–water partition coefficient (Wildman–Crippen LogP) is 4.98. The van der Waals surface area contributed by atoms with Gasteiger partial charge in [0.25, 0.3) is 0 Å². The third-order valence-electron chi connectivity index (χ3n) is 4.17. The fourth-order valence-corrected chi connectivity index (χ4v) is 3.13. The topological polar surface area (TPSA) is 37.3 Å². The molecule has 2 nitrogen and oxygen atoms in total. The maximum atomic E-state index is 13.6. The molecule has 0 bridgehead atoms. The van der Waals surface area contributed by atoms with E-state index in [1.54, 1.807) is 11.4 Å². The van der Waals surface area contributed by atoms with Gasteiger partial charge in [0, 0.05) is 5.37 Å². The predicted molar refractivity (Wildman–Crippen MR) is 98.3 cm³/mol. The summed E-state index contributed by atoms with van der Waals surface area (Å²) in [7, 11) is 0. The summed E-state index contributed by atoms with van der Waals surface area (Å²) in [6.45, 7) is 1.88. The second-order valence-corrected chi connectivity index (χ2v) is 5.94. The molecular weight excluding hydrogens is 323 g/mol. The van der Waals surface area contributed by atoms with E-state index >= 15 is 0 Å². The minimum Gasteiger partial charge on any atom is -0.481 e. The molecule has 0 amide bonds. The van der Waals surface area contributed by atoms with Gasteiger partial charge in [-0.05, 0) is 64.1 Å². The van der Waals surface area contributed by atoms with Crippen molar-refractivity contribution in [3.8, 4) is 0 Å². The Labute approximate surface area is 145 Å². The Kier molecular flexibility index (Phi) is 4.40. The molecule has 0 fully saturated rings. The number of carbonyl (C=O) groups is 1. The molecule has 1 aliphatic carbocycles. The molecule has 0 heterocycles. The van der Waals surface area contributed by atoms with Crippen LogP contribution in [0.15, 0.2) is 48.0 Å². The number of hydrogen-bond acceptors (Lipinski definition) is 2. The van der Waals surface area contributed by atoms with Crippen LogP contribution >= 0.6 is 12.2 Å². The molecule has 1 aliphatic rings. The zero-order valence-corrected chi connectivity index (χ0v) is 13.9. The first-order chi connectivity index (χ1) is 11.5. The van der Waals surface area contributed by atoms with E-state index in [1.807, 2.05) is 37.3 Å². The maximum absolute atomic E-state index is 13.6. The Morgan fingerprint density at radius 1 is 1.12 bits per heavy atom. The van der Waals surface area contributed by atoms with Crippen molar-refractivity contribution >= 4 is 40.8 Å². The standard InChI is InChI=1S/C20H15FO2S/c1-12-17(8-13-2-4-14(11-24)5-3-13)16-7-6-15(21)9-19(16)18(12)10-20(22)23/h2-9,11H,10H2,1H3,(H,22,23)/b17-8-. The summed E-state index contributed by atoms with van der Waals surface area (Å²) < 4.78 is 13.6. The molecular formula is C20H15FO2S. The van der Waals surface area contributed by atoms with E-state index in [-0.39, 0.29) is 12.2 Å². The quantitative estimate of drug-likeness (QED) is 0.799. The smallest absolute Gasteiger partial charge is 0.307 e. The molecule has 0 radical (unpaired) electrons. The van der Waals surface area contributed by atoms with Crippen LogP contribution in [0.2, 0.25) is 0 Å². The number of carboxylic acids is 1. The Bertz CT molecular complexity index is 892. The van der Waals surface area contributed by atoms with E-state index in [9.17, 15) is 9.18 Å². The lowest BCUT2D eigenvalue weighted by Crippen LogP contribution is -1.97. The average molecular weight is 338 g/mol. The van der Waals surface area contributed by atoms with Crippen molar-refractivity contribution in [2.45, 2.75) is 13.3 Å². The van der Waals surface area contributed by atoms with Crippen LogP contribution in [-0.2, 0) is 4.79 Å². The van der Waals surface area contributed by atoms with Crippen molar-refractivity contribution in [2.24, 2.45) is 0 Å². The first-order valence-corrected chi connectivity index (χ1v) is 7.96. The lowest BCUT2D eigenvalue weighted by molar-refractivity contribution is -0.135. The third kappa shape index (κ3) is 3.05. The van der Waals surface area contributed by atoms with Gasteiger partial charge in [-0.3, -0.25) is 4.79 Å². The third-order valence-corrected chi connectivity index (χ3v) is 4.44. The molecule has 0 aliphatic heterocycles. The molecule has 0 spiro atoms. The minimum atomic E-state index is -0.925. The van der Waals surface area contributed by atoms with Gasteiger partial charge in [0.05, 0.1) is 6.42 Å².